The van der Waals surface area contributed by atoms with Crippen LogP contribution in [0.4, 0.5) is 0 Å². The van der Waals surface area contributed by atoms with E-state index in [9.17, 15) is 9.59 Å². The second-order valence-corrected chi connectivity index (χ2v) is 4.63. The van der Waals surface area contributed by atoms with Crippen LogP contribution in [0, 0.1) is 0 Å². The molecule has 106 valence electrons. The lowest BCUT2D eigenvalue weighted by Gasteiger charge is -2.10. The van der Waals surface area contributed by atoms with Crippen molar-refractivity contribution in [2.45, 2.75) is 26.3 Å². The topological polar surface area (TPSA) is 68.5 Å². The number of fused-ring (bicyclic) bond motifs is 1. The van der Waals surface area contributed by atoms with Crippen molar-refractivity contribution in [3.05, 3.63) is 40.2 Å². The van der Waals surface area contributed by atoms with Gasteiger partial charge in [0.05, 0.1) is 7.11 Å². The molecule has 5 nitrogen and oxygen atoms in total. The van der Waals surface area contributed by atoms with Gasteiger partial charge in [-0.1, -0.05) is 6.92 Å². The molecule has 1 aromatic heterocycles. The Hall–Kier alpha value is -2.30. The predicted molar refractivity (Wildman–Crippen MR) is 76.3 cm³/mol. The van der Waals surface area contributed by atoms with Crippen molar-refractivity contribution in [1.82, 2.24) is 5.32 Å². The summed E-state index contributed by atoms with van der Waals surface area (Å²) < 4.78 is 10.2. The third kappa shape index (κ3) is 2.82. The van der Waals surface area contributed by atoms with Crippen LogP contribution in [-0.2, 0) is 0 Å². The van der Waals surface area contributed by atoms with E-state index in [1.54, 1.807) is 24.3 Å². The summed E-state index contributed by atoms with van der Waals surface area (Å²) in [6.45, 7) is 3.84. The number of carbonyl (C=O) groups excluding carboxylic acids is 1. The second kappa shape index (κ2) is 5.77. The highest BCUT2D eigenvalue weighted by molar-refractivity contribution is 5.96. The maximum Gasteiger partial charge on any atom is 0.349 e. The predicted octanol–water partition coefficient (Wildman–Crippen LogP) is 2.33. The molecule has 1 unspecified atom stereocenters. The Morgan fingerprint density at radius 1 is 1.40 bits per heavy atom. The van der Waals surface area contributed by atoms with Crippen molar-refractivity contribution in [2.75, 3.05) is 7.11 Å². The van der Waals surface area contributed by atoms with Gasteiger partial charge in [0.1, 0.15) is 16.9 Å². The van der Waals surface area contributed by atoms with Crippen molar-refractivity contribution >= 4 is 16.9 Å². The standard InChI is InChI=1S/C15H17NO4/c1-4-9(2)16-14(17)12-7-10-5-6-11(19-3)8-13(10)20-15(12)18/h5-9H,4H2,1-3H3,(H,16,17). The highest BCUT2D eigenvalue weighted by atomic mass is 16.5. The van der Waals surface area contributed by atoms with E-state index in [4.69, 9.17) is 9.15 Å². The van der Waals surface area contributed by atoms with Gasteiger partial charge in [-0.2, -0.15) is 0 Å². The molecule has 0 bridgehead atoms. The fraction of sp³-hybridized carbons (Fsp3) is 0.333. The van der Waals surface area contributed by atoms with Crippen LogP contribution in [0.15, 0.2) is 33.5 Å². The first-order chi connectivity index (χ1) is 9.55. The number of amides is 1. The minimum atomic E-state index is -0.647. The summed E-state index contributed by atoms with van der Waals surface area (Å²) in [6.07, 6.45) is 0.794. The van der Waals surface area contributed by atoms with E-state index < -0.39 is 11.5 Å². The number of hydrogen-bond acceptors (Lipinski definition) is 4. The van der Waals surface area contributed by atoms with Gasteiger partial charge >= 0.3 is 5.63 Å². The molecule has 20 heavy (non-hydrogen) atoms. The van der Waals surface area contributed by atoms with E-state index in [2.05, 4.69) is 5.32 Å². The molecule has 1 heterocycles. The third-order valence-electron chi connectivity index (χ3n) is 3.18. The molecular weight excluding hydrogens is 258 g/mol. The van der Waals surface area contributed by atoms with Gasteiger partial charge in [-0.05, 0) is 31.5 Å². The Morgan fingerprint density at radius 2 is 2.15 bits per heavy atom. The molecule has 0 aliphatic rings. The average Bonchev–Trinajstić information content (AvgIpc) is 2.45. The van der Waals surface area contributed by atoms with Gasteiger partial charge in [0.2, 0.25) is 0 Å². The third-order valence-corrected chi connectivity index (χ3v) is 3.18. The number of hydrogen-bond donors (Lipinski definition) is 1. The maximum absolute atomic E-state index is 12.0. The molecule has 1 aromatic carbocycles. The lowest BCUT2D eigenvalue weighted by Crippen LogP contribution is -2.34. The monoisotopic (exact) mass is 275 g/mol. The van der Waals surface area contributed by atoms with E-state index >= 15 is 0 Å². The molecule has 0 aliphatic heterocycles. The molecule has 0 radical (unpaired) electrons. The molecule has 0 aliphatic carbocycles. The summed E-state index contributed by atoms with van der Waals surface area (Å²) in [5.74, 6) is 0.184. The molecule has 1 amide bonds. The molecule has 0 saturated heterocycles. The van der Waals surface area contributed by atoms with Crippen LogP contribution < -0.4 is 15.7 Å². The first-order valence-corrected chi connectivity index (χ1v) is 6.48. The van der Waals surface area contributed by atoms with Gasteiger partial charge in [-0.15, -0.1) is 0 Å². The van der Waals surface area contributed by atoms with E-state index in [-0.39, 0.29) is 11.6 Å². The zero-order valence-electron chi connectivity index (χ0n) is 11.7. The van der Waals surface area contributed by atoms with Crippen LogP contribution in [0.1, 0.15) is 30.6 Å². The first kappa shape index (κ1) is 14.1. The van der Waals surface area contributed by atoms with Crippen LogP contribution in [0.2, 0.25) is 0 Å². The van der Waals surface area contributed by atoms with Crippen LogP contribution in [0.25, 0.3) is 11.0 Å². The van der Waals surface area contributed by atoms with Crippen molar-refractivity contribution in [1.29, 1.82) is 0 Å². The number of rotatable bonds is 4. The molecule has 0 fully saturated rings. The Balaban J connectivity index is 2.43. The van der Waals surface area contributed by atoms with E-state index in [0.29, 0.717) is 16.7 Å². The maximum atomic E-state index is 12.0. The lowest BCUT2D eigenvalue weighted by molar-refractivity contribution is 0.0935. The minimum absolute atomic E-state index is 0.00784. The number of nitrogens with one attached hydrogen (secondary N) is 1. The number of benzene rings is 1. The molecule has 2 aromatic rings. The Kier molecular flexibility index (Phi) is 4.08. The molecule has 0 spiro atoms. The zero-order valence-corrected chi connectivity index (χ0v) is 11.7. The summed E-state index contributed by atoms with van der Waals surface area (Å²) in [5.41, 5.74) is -0.232. The average molecular weight is 275 g/mol. The van der Waals surface area contributed by atoms with Crippen LogP contribution in [0.3, 0.4) is 0 Å². The smallest absolute Gasteiger partial charge is 0.349 e. The fourth-order valence-corrected chi connectivity index (χ4v) is 1.78. The van der Waals surface area contributed by atoms with Crippen molar-refractivity contribution < 1.29 is 13.9 Å². The zero-order chi connectivity index (χ0) is 14.7. The molecule has 5 heteroatoms. The summed E-state index contributed by atoms with van der Waals surface area (Å²) in [7, 11) is 1.53. The highest BCUT2D eigenvalue weighted by Crippen LogP contribution is 2.20. The Labute approximate surface area is 116 Å². The minimum Gasteiger partial charge on any atom is -0.497 e. The fourth-order valence-electron chi connectivity index (χ4n) is 1.78. The number of carbonyl (C=O) groups is 1. The largest absolute Gasteiger partial charge is 0.497 e. The Bertz CT molecular complexity index is 690. The van der Waals surface area contributed by atoms with Crippen molar-refractivity contribution in [3.8, 4) is 5.75 Å². The molecule has 1 atom stereocenters. The van der Waals surface area contributed by atoms with E-state index in [1.165, 1.54) is 7.11 Å². The van der Waals surface area contributed by atoms with Crippen LogP contribution in [0.5, 0.6) is 5.75 Å². The molecule has 2 rings (SSSR count). The SMILES string of the molecule is CCC(C)NC(=O)c1cc2ccc(OC)cc2oc1=O. The van der Waals surface area contributed by atoms with E-state index in [1.807, 2.05) is 13.8 Å². The van der Waals surface area contributed by atoms with Gasteiger partial charge < -0.3 is 14.5 Å². The van der Waals surface area contributed by atoms with Crippen LogP contribution >= 0.6 is 0 Å². The Morgan fingerprint density at radius 3 is 2.80 bits per heavy atom. The summed E-state index contributed by atoms with van der Waals surface area (Å²) in [4.78, 5) is 23.9. The number of ether oxygens (including phenoxy) is 1. The first-order valence-electron chi connectivity index (χ1n) is 6.48. The summed E-state index contributed by atoms with van der Waals surface area (Å²) >= 11 is 0. The quantitative estimate of drug-likeness (QED) is 0.869. The highest BCUT2D eigenvalue weighted by Gasteiger charge is 2.15. The molecule has 1 N–H and O–H groups in total. The lowest BCUT2D eigenvalue weighted by atomic mass is 10.1. The molecular formula is C15H17NO4. The number of methoxy groups -OCH3 is 1. The van der Waals surface area contributed by atoms with Gasteiger partial charge in [0, 0.05) is 17.5 Å². The summed E-state index contributed by atoms with van der Waals surface area (Å²) in [5, 5.41) is 3.43. The second-order valence-electron chi connectivity index (χ2n) is 4.63. The van der Waals surface area contributed by atoms with E-state index in [0.717, 1.165) is 6.42 Å². The van der Waals surface area contributed by atoms with Gasteiger partial charge in [-0.3, -0.25) is 4.79 Å². The van der Waals surface area contributed by atoms with Crippen LogP contribution in [-0.4, -0.2) is 19.1 Å². The van der Waals surface area contributed by atoms with Gasteiger partial charge in [0.25, 0.3) is 5.91 Å². The van der Waals surface area contributed by atoms with Crippen molar-refractivity contribution in [2.24, 2.45) is 0 Å². The molecule has 0 saturated carbocycles. The van der Waals surface area contributed by atoms with Gasteiger partial charge in [0.15, 0.2) is 0 Å². The van der Waals surface area contributed by atoms with Gasteiger partial charge in [-0.25, -0.2) is 4.79 Å². The van der Waals surface area contributed by atoms with Crippen molar-refractivity contribution in [3.63, 3.8) is 0 Å². The normalized spacial score (nSPS) is 12.2. The summed E-state index contributed by atoms with van der Waals surface area (Å²) in [6, 6.07) is 6.66.